The molecule has 0 fully saturated rings. The summed E-state index contributed by atoms with van der Waals surface area (Å²) in [4.78, 5) is 15.2. The third kappa shape index (κ3) is 7.24. The molecule has 0 saturated heterocycles. The molecule has 0 spiro atoms. The number of fused-ring (bicyclic) bond motifs is 1. The van der Waals surface area contributed by atoms with E-state index in [0.717, 1.165) is 0 Å². The Morgan fingerprint density at radius 1 is 1.05 bits per heavy atom. The van der Waals surface area contributed by atoms with Crippen LogP contribution >= 0.6 is 11.6 Å². The lowest BCUT2D eigenvalue weighted by atomic mass is 10.0. The Kier molecular flexibility index (Phi) is 9.84. The Balaban J connectivity index is 1.68. The van der Waals surface area contributed by atoms with Crippen LogP contribution in [-0.4, -0.2) is 75.9 Å². The molecule has 3 atom stereocenters. The van der Waals surface area contributed by atoms with E-state index in [4.69, 9.17) is 16.3 Å². The number of carbonyl (C=O) groups excluding carboxylic acids is 1. The van der Waals surface area contributed by atoms with Gasteiger partial charge in [0.25, 0.3) is 10.0 Å². The molecule has 0 aliphatic carbocycles. The number of ether oxygens (including phenoxy) is 1. The first-order valence-electron chi connectivity index (χ1n) is 13.3. The largest absolute Gasteiger partial charge is 0.488 e. The third-order valence-corrected chi connectivity index (χ3v) is 10.7. The van der Waals surface area contributed by atoms with Crippen LogP contribution in [0.15, 0.2) is 82.6 Å². The molecule has 1 amide bonds. The van der Waals surface area contributed by atoms with Crippen molar-refractivity contribution in [3.8, 4) is 5.75 Å². The van der Waals surface area contributed by atoms with Crippen molar-refractivity contribution in [1.82, 2.24) is 9.21 Å². The summed E-state index contributed by atoms with van der Waals surface area (Å²) in [7, 11) is -6.32. The third-order valence-electron chi connectivity index (χ3n) is 7.18. The first-order chi connectivity index (χ1) is 19.8. The van der Waals surface area contributed by atoms with Crippen LogP contribution in [0.2, 0.25) is 5.02 Å². The van der Waals surface area contributed by atoms with Crippen molar-refractivity contribution in [3.63, 3.8) is 0 Å². The Morgan fingerprint density at radius 3 is 2.36 bits per heavy atom. The van der Waals surface area contributed by atoms with E-state index >= 15 is 0 Å². The number of likely N-dealkylation sites (N-methyl/N-ethyl adjacent to an activating group) is 1. The van der Waals surface area contributed by atoms with Gasteiger partial charge in [0.15, 0.2) is 0 Å². The zero-order valence-electron chi connectivity index (χ0n) is 23.5. The molecule has 226 valence electrons. The van der Waals surface area contributed by atoms with Gasteiger partial charge in [-0.3, -0.25) is 9.52 Å². The Bertz CT molecular complexity index is 1620. The number of nitrogens with one attached hydrogen (secondary N) is 1. The molecular weight excluding hydrogens is 602 g/mol. The van der Waals surface area contributed by atoms with Gasteiger partial charge < -0.3 is 14.7 Å². The van der Waals surface area contributed by atoms with Gasteiger partial charge in [-0.05, 0) is 61.5 Å². The molecule has 10 nitrogen and oxygen atoms in total. The molecule has 0 saturated carbocycles. The molecular formula is C29H34ClN3O7S2. The van der Waals surface area contributed by atoms with Gasteiger partial charge in [-0.2, -0.15) is 4.31 Å². The molecule has 3 aromatic rings. The summed E-state index contributed by atoms with van der Waals surface area (Å²) in [5.41, 5.74) is 0.660. The van der Waals surface area contributed by atoms with E-state index in [-0.39, 0.29) is 53.4 Å². The van der Waals surface area contributed by atoms with Gasteiger partial charge in [0, 0.05) is 35.8 Å². The molecule has 1 aliphatic heterocycles. The lowest BCUT2D eigenvalue weighted by Crippen LogP contribution is -2.48. The number of carbonyl (C=O) groups is 1. The zero-order valence-corrected chi connectivity index (χ0v) is 25.9. The molecule has 1 heterocycles. The van der Waals surface area contributed by atoms with Crippen LogP contribution in [0, 0.1) is 5.92 Å². The molecule has 3 aromatic carbocycles. The van der Waals surface area contributed by atoms with Crippen molar-refractivity contribution < 1.29 is 31.5 Å². The fourth-order valence-electron chi connectivity index (χ4n) is 4.66. The Labute approximate surface area is 252 Å². The number of benzene rings is 3. The highest BCUT2D eigenvalue weighted by Gasteiger charge is 2.33. The van der Waals surface area contributed by atoms with Crippen molar-refractivity contribution in [3.05, 3.63) is 83.4 Å². The fraction of sp³-hybridized carbons (Fsp3) is 0.345. The molecule has 0 bridgehead atoms. The van der Waals surface area contributed by atoms with E-state index in [1.165, 1.54) is 59.9 Å². The maximum Gasteiger partial charge on any atom is 0.261 e. The van der Waals surface area contributed by atoms with Crippen LogP contribution in [-0.2, 0) is 31.3 Å². The number of anilines is 1. The zero-order chi connectivity index (χ0) is 30.7. The molecule has 0 aromatic heterocycles. The number of aliphatic hydroxyl groups is 1. The highest BCUT2D eigenvalue weighted by Crippen LogP contribution is 2.31. The van der Waals surface area contributed by atoms with Crippen molar-refractivity contribution in [2.75, 3.05) is 31.5 Å². The minimum absolute atomic E-state index is 0.0382. The summed E-state index contributed by atoms with van der Waals surface area (Å²) >= 11 is 5.94. The number of rotatable bonds is 9. The minimum Gasteiger partial charge on any atom is -0.488 e. The van der Waals surface area contributed by atoms with Crippen molar-refractivity contribution >= 4 is 43.2 Å². The lowest BCUT2D eigenvalue weighted by molar-refractivity contribution is -0.134. The Morgan fingerprint density at radius 2 is 1.71 bits per heavy atom. The average Bonchev–Trinajstić information content (AvgIpc) is 3.00. The normalized spacial score (nSPS) is 18.8. The van der Waals surface area contributed by atoms with Crippen LogP contribution in [0.25, 0.3) is 0 Å². The highest BCUT2D eigenvalue weighted by atomic mass is 35.5. The topological polar surface area (TPSA) is 133 Å². The number of aliphatic hydroxyl groups excluding tert-OH is 1. The summed E-state index contributed by atoms with van der Waals surface area (Å²) in [6.45, 7) is 3.48. The summed E-state index contributed by atoms with van der Waals surface area (Å²) < 4.78 is 62.6. The summed E-state index contributed by atoms with van der Waals surface area (Å²) in [6.07, 6.45) is -0.805. The van der Waals surface area contributed by atoms with E-state index in [9.17, 15) is 26.7 Å². The fourth-order valence-corrected chi connectivity index (χ4v) is 7.04. The average molecular weight is 636 g/mol. The van der Waals surface area contributed by atoms with Gasteiger partial charge in [0.1, 0.15) is 11.9 Å². The number of hydrogen-bond donors (Lipinski definition) is 2. The summed E-state index contributed by atoms with van der Waals surface area (Å²) in [5, 5.41) is 10.3. The molecule has 2 N–H and O–H groups in total. The predicted molar refractivity (Wildman–Crippen MR) is 161 cm³/mol. The van der Waals surface area contributed by atoms with Gasteiger partial charge in [0.2, 0.25) is 15.9 Å². The molecule has 0 radical (unpaired) electrons. The van der Waals surface area contributed by atoms with E-state index in [0.29, 0.717) is 16.3 Å². The highest BCUT2D eigenvalue weighted by molar-refractivity contribution is 7.92. The number of nitrogens with zero attached hydrogens (tertiary/aromatic N) is 2. The second kappa shape index (κ2) is 13.0. The van der Waals surface area contributed by atoms with Crippen LogP contribution in [0.4, 0.5) is 5.69 Å². The first-order valence-corrected chi connectivity index (χ1v) is 16.6. The molecule has 1 aliphatic rings. The Hall–Kier alpha value is -3.16. The van der Waals surface area contributed by atoms with Crippen LogP contribution in [0.1, 0.15) is 19.4 Å². The van der Waals surface area contributed by atoms with Crippen LogP contribution < -0.4 is 9.46 Å². The second-order valence-electron chi connectivity index (χ2n) is 10.4. The van der Waals surface area contributed by atoms with E-state index < -0.39 is 32.2 Å². The van der Waals surface area contributed by atoms with Gasteiger partial charge in [-0.25, -0.2) is 16.8 Å². The number of amides is 1. The SMILES string of the molecule is C[C@H](CO)N1C[C@H](C)[C@@H](CN(C)S(=O)(=O)c2ccc(Cl)cc2)Oc2ccc(NS(=O)(=O)c3ccccc3)cc2CC1=O. The van der Waals surface area contributed by atoms with Crippen molar-refractivity contribution in [2.45, 2.75) is 42.2 Å². The quantitative estimate of drug-likeness (QED) is 0.367. The van der Waals surface area contributed by atoms with E-state index in [1.807, 2.05) is 6.92 Å². The molecule has 42 heavy (non-hydrogen) atoms. The number of halogens is 1. The van der Waals surface area contributed by atoms with Gasteiger partial charge in [0.05, 0.1) is 35.4 Å². The van der Waals surface area contributed by atoms with Gasteiger partial charge in [-0.15, -0.1) is 0 Å². The van der Waals surface area contributed by atoms with Crippen LogP contribution in [0.5, 0.6) is 5.75 Å². The monoisotopic (exact) mass is 635 g/mol. The molecule has 13 heteroatoms. The van der Waals surface area contributed by atoms with Crippen molar-refractivity contribution in [1.29, 1.82) is 0 Å². The molecule has 0 unspecified atom stereocenters. The van der Waals surface area contributed by atoms with Crippen LogP contribution in [0.3, 0.4) is 0 Å². The lowest BCUT2D eigenvalue weighted by Gasteiger charge is -2.33. The van der Waals surface area contributed by atoms with E-state index in [1.54, 1.807) is 36.1 Å². The number of hydrogen-bond acceptors (Lipinski definition) is 7. The van der Waals surface area contributed by atoms with E-state index in [2.05, 4.69) is 4.72 Å². The maximum atomic E-state index is 13.5. The predicted octanol–water partition coefficient (Wildman–Crippen LogP) is 3.61. The summed E-state index contributed by atoms with van der Waals surface area (Å²) in [6, 6.07) is 17.9. The minimum atomic E-state index is -3.89. The van der Waals surface area contributed by atoms with Gasteiger partial charge in [-0.1, -0.05) is 36.7 Å². The smallest absolute Gasteiger partial charge is 0.261 e. The first kappa shape index (κ1) is 31.8. The summed E-state index contributed by atoms with van der Waals surface area (Å²) in [5.74, 6) is -0.286. The standard InChI is InChI=1S/C29H34ClN3O7S2/c1-20-17-33(21(2)19-34)29(35)16-22-15-24(31-41(36,37)25-7-5-4-6-8-25)11-14-27(22)40-28(20)18-32(3)42(38,39)26-12-9-23(30)10-13-26/h4-15,20-21,28,31,34H,16-19H2,1-3H3/t20-,21+,28+/m0/s1. The van der Waals surface area contributed by atoms with Gasteiger partial charge >= 0.3 is 0 Å². The maximum absolute atomic E-state index is 13.5. The molecule has 4 rings (SSSR count). The second-order valence-corrected chi connectivity index (χ2v) is 14.5. The van der Waals surface area contributed by atoms with Crippen molar-refractivity contribution in [2.24, 2.45) is 5.92 Å². The number of sulfonamides is 2.